The van der Waals surface area contributed by atoms with Crippen LogP contribution in [-0.2, 0) is 11.2 Å². The lowest BCUT2D eigenvalue weighted by molar-refractivity contribution is -0.0566. The van der Waals surface area contributed by atoms with Crippen LogP contribution in [0, 0.1) is 0 Å². The molecule has 3 atom stereocenters. The van der Waals surface area contributed by atoms with Gasteiger partial charge in [-0.1, -0.05) is 25.1 Å². The summed E-state index contributed by atoms with van der Waals surface area (Å²) < 4.78 is 5.78. The van der Waals surface area contributed by atoms with Gasteiger partial charge in [0.1, 0.15) is 0 Å². The first-order valence-electron chi connectivity index (χ1n) is 7.46. The molecule has 104 valence electrons. The molecule has 1 N–H and O–H groups in total. The Kier molecular flexibility index (Phi) is 3.76. The predicted octanol–water partition coefficient (Wildman–Crippen LogP) is 2.52. The van der Waals surface area contributed by atoms with Crippen molar-refractivity contribution >= 4 is 5.69 Å². The first-order valence-corrected chi connectivity index (χ1v) is 7.46. The molecule has 2 aliphatic rings. The molecular weight excluding hydrogens is 236 g/mol. The van der Waals surface area contributed by atoms with Crippen LogP contribution in [0.15, 0.2) is 24.3 Å². The summed E-state index contributed by atoms with van der Waals surface area (Å²) in [5.74, 6) is 0. The van der Waals surface area contributed by atoms with E-state index in [1.54, 1.807) is 0 Å². The number of nitrogens with one attached hydrogen (secondary N) is 1. The van der Waals surface area contributed by atoms with Gasteiger partial charge in [-0.05, 0) is 31.4 Å². The summed E-state index contributed by atoms with van der Waals surface area (Å²) in [5, 5.41) is 3.66. The fourth-order valence-electron chi connectivity index (χ4n) is 3.28. The number of fused-ring (bicyclic) bond motifs is 1. The summed E-state index contributed by atoms with van der Waals surface area (Å²) in [5.41, 5.74) is 2.78. The van der Waals surface area contributed by atoms with Crippen LogP contribution in [0.25, 0.3) is 0 Å². The third-order valence-corrected chi connectivity index (χ3v) is 4.35. The minimum absolute atomic E-state index is 0.367. The number of ether oxygens (including phenoxy) is 1. The second-order valence-electron chi connectivity index (χ2n) is 5.86. The van der Waals surface area contributed by atoms with Gasteiger partial charge in [0.2, 0.25) is 0 Å². The zero-order valence-corrected chi connectivity index (χ0v) is 11.9. The molecule has 19 heavy (non-hydrogen) atoms. The molecule has 0 spiro atoms. The minimum atomic E-state index is 0.367. The summed E-state index contributed by atoms with van der Waals surface area (Å²) in [6.07, 6.45) is 2.69. The Morgan fingerprint density at radius 1 is 1.37 bits per heavy atom. The summed E-state index contributed by atoms with van der Waals surface area (Å²) in [6.45, 7) is 7.51. The van der Waals surface area contributed by atoms with Gasteiger partial charge in [-0.3, -0.25) is 4.90 Å². The number of hydrogen-bond acceptors (Lipinski definition) is 3. The number of rotatable bonds is 3. The van der Waals surface area contributed by atoms with Gasteiger partial charge in [0.15, 0.2) is 0 Å². The van der Waals surface area contributed by atoms with Crippen molar-refractivity contribution < 1.29 is 4.74 Å². The largest absolute Gasteiger partial charge is 0.380 e. The monoisotopic (exact) mass is 260 g/mol. The highest BCUT2D eigenvalue weighted by Crippen LogP contribution is 2.26. The topological polar surface area (TPSA) is 24.5 Å². The minimum Gasteiger partial charge on any atom is -0.380 e. The van der Waals surface area contributed by atoms with E-state index < -0.39 is 0 Å². The van der Waals surface area contributed by atoms with Crippen molar-refractivity contribution in [3.63, 3.8) is 0 Å². The molecule has 2 heterocycles. The third-order valence-electron chi connectivity index (χ3n) is 4.35. The van der Waals surface area contributed by atoms with Gasteiger partial charge in [0.05, 0.1) is 12.7 Å². The molecule has 3 unspecified atom stereocenters. The highest BCUT2D eigenvalue weighted by molar-refractivity contribution is 5.56. The van der Waals surface area contributed by atoms with E-state index in [-0.39, 0.29) is 0 Å². The van der Waals surface area contributed by atoms with E-state index in [4.69, 9.17) is 4.74 Å². The molecule has 1 fully saturated rings. The molecule has 0 aliphatic carbocycles. The van der Waals surface area contributed by atoms with Gasteiger partial charge in [0.25, 0.3) is 0 Å². The lowest BCUT2D eigenvalue weighted by Gasteiger charge is -2.39. The molecule has 1 aromatic carbocycles. The third kappa shape index (κ3) is 2.77. The molecule has 3 heteroatoms. The lowest BCUT2D eigenvalue weighted by atomic mass is 10.1. The summed E-state index contributed by atoms with van der Waals surface area (Å²) in [6, 6.07) is 9.81. The SMILES string of the molecule is CCC1COC(C)CN1CC1Cc2ccccc2N1. The fraction of sp³-hybridized carbons (Fsp3) is 0.625. The zero-order chi connectivity index (χ0) is 13.2. The van der Waals surface area contributed by atoms with Gasteiger partial charge in [-0.25, -0.2) is 0 Å². The first-order chi connectivity index (χ1) is 9.26. The summed E-state index contributed by atoms with van der Waals surface area (Å²) in [7, 11) is 0. The van der Waals surface area contributed by atoms with Gasteiger partial charge in [-0.15, -0.1) is 0 Å². The number of nitrogens with zero attached hydrogens (tertiary/aromatic N) is 1. The number of benzene rings is 1. The number of hydrogen-bond donors (Lipinski definition) is 1. The Morgan fingerprint density at radius 3 is 3.00 bits per heavy atom. The molecule has 0 aromatic heterocycles. The highest BCUT2D eigenvalue weighted by Gasteiger charge is 2.29. The van der Waals surface area contributed by atoms with Crippen LogP contribution in [0.5, 0.6) is 0 Å². The normalized spacial score (nSPS) is 30.9. The first kappa shape index (κ1) is 12.9. The fourth-order valence-corrected chi connectivity index (χ4v) is 3.28. The van der Waals surface area contributed by atoms with Crippen LogP contribution in [0.1, 0.15) is 25.8 Å². The maximum absolute atomic E-state index is 5.78. The highest BCUT2D eigenvalue weighted by atomic mass is 16.5. The van der Waals surface area contributed by atoms with E-state index in [0.29, 0.717) is 18.2 Å². The Morgan fingerprint density at radius 2 is 2.21 bits per heavy atom. The summed E-state index contributed by atoms with van der Waals surface area (Å²) in [4.78, 5) is 2.61. The standard InChI is InChI=1S/C16H24N2O/c1-3-15-11-19-12(2)9-18(15)10-14-8-13-6-4-5-7-16(13)17-14/h4-7,12,14-15,17H,3,8-11H2,1-2H3. The smallest absolute Gasteiger partial charge is 0.0674 e. The second-order valence-corrected chi connectivity index (χ2v) is 5.86. The Labute approximate surface area is 115 Å². The molecule has 2 aliphatic heterocycles. The van der Waals surface area contributed by atoms with Crippen molar-refractivity contribution in [1.29, 1.82) is 0 Å². The zero-order valence-electron chi connectivity index (χ0n) is 11.9. The van der Waals surface area contributed by atoms with Crippen LogP contribution >= 0.6 is 0 Å². The predicted molar refractivity (Wildman–Crippen MR) is 78.6 cm³/mol. The molecule has 0 saturated carbocycles. The van der Waals surface area contributed by atoms with Crippen LogP contribution < -0.4 is 5.32 Å². The van der Waals surface area contributed by atoms with Crippen LogP contribution in [0.2, 0.25) is 0 Å². The average molecular weight is 260 g/mol. The molecule has 0 amide bonds. The summed E-state index contributed by atoms with van der Waals surface area (Å²) >= 11 is 0. The molecule has 1 aromatic rings. The molecular formula is C16H24N2O. The Hall–Kier alpha value is -1.06. The number of para-hydroxylation sites is 1. The van der Waals surface area contributed by atoms with E-state index in [1.807, 2.05) is 0 Å². The molecule has 3 nitrogen and oxygen atoms in total. The molecule has 1 saturated heterocycles. The van der Waals surface area contributed by atoms with Crippen LogP contribution in [0.4, 0.5) is 5.69 Å². The van der Waals surface area contributed by atoms with Crippen molar-refractivity contribution in [3.8, 4) is 0 Å². The van der Waals surface area contributed by atoms with Crippen molar-refractivity contribution in [2.24, 2.45) is 0 Å². The Bertz CT molecular complexity index is 410. The Balaban J connectivity index is 1.63. The van der Waals surface area contributed by atoms with E-state index in [9.17, 15) is 0 Å². The number of morpholine rings is 1. The lowest BCUT2D eigenvalue weighted by Crippen LogP contribution is -2.51. The van der Waals surface area contributed by atoms with E-state index in [1.165, 1.54) is 17.7 Å². The van der Waals surface area contributed by atoms with Gasteiger partial charge < -0.3 is 10.1 Å². The molecule has 0 bridgehead atoms. The van der Waals surface area contributed by atoms with E-state index in [2.05, 4.69) is 48.3 Å². The van der Waals surface area contributed by atoms with Gasteiger partial charge in [0, 0.05) is 30.9 Å². The van der Waals surface area contributed by atoms with Crippen molar-refractivity contribution in [2.45, 2.75) is 44.9 Å². The molecule has 0 radical (unpaired) electrons. The van der Waals surface area contributed by atoms with Crippen LogP contribution in [0.3, 0.4) is 0 Å². The van der Waals surface area contributed by atoms with E-state index >= 15 is 0 Å². The van der Waals surface area contributed by atoms with Crippen molar-refractivity contribution in [2.75, 3.05) is 25.0 Å². The maximum Gasteiger partial charge on any atom is 0.0674 e. The van der Waals surface area contributed by atoms with Gasteiger partial charge >= 0.3 is 0 Å². The number of anilines is 1. The van der Waals surface area contributed by atoms with Crippen molar-refractivity contribution in [1.82, 2.24) is 4.90 Å². The average Bonchev–Trinajstić information content (AvgIpc) is 2.81. The van der Waals surface area contributed by atoms with Crippen LogP contribution in [-0.4, -0.2) is 42.8 Å². The maximum atomic E-state index is 5.78. The van der Waals surface area contributed by atoms with Crippen molar-refractivity contribution in [3.05, 3.63) is 29.8 Å². The molecule has 3 rings (SSSR count). The quantitative estimate of drug-likeness (QED) is 0.904. The van der Waals surface area contributed by atoms with E-state index in [0.717, 1.165) is 26.1 Å². The van der Waals surface area contributed by atoms with Gasteiger partial charge in [-0.2, -0.15) is 0 Å². The second kappa shape index (κ2) is 5.51.